The first-order valence-corrected chi connectivity index (χ1v) is 34.4. The Hall–Kier alpha value is -9.04. The first kappa shape index (κ1) is 50.5. The molecule has 0 spiro atoms. The van der Waals surface area contributed by atoms with Gasteiger partial charge in [-0.05, 0) is 133 Å². The fourth-order valence-corrected chi connectivity index (χ4v) is 13.3. The molecule has 0 aliphatic carbocycles. The van der Waals surface area contributed by atoms with Crippen LogP contribution in [0.2, 0.25) is 0 Å². The highest BCUT2D eigenvalue weighted by molar-refractivity contribution is 7.98. The number of piperidine rings is 2. The van der Waals surface area contributed by atoms with Gasteiger partial charge < -0.3 is 38.2 Å². The highest BCUT2D eigenvalue weighted by Crippen LogP contribution is 2.37. The van der Waals surface area contributed by atoms with Crippen LogP contribution in [0.3, 0.4) is 0 Å². The number of rotatable bonds is 24. The van der Waals surface area contributed by atoms with E-state index in [1.54, 1.807) is 41.3 Å². The molecule has 10 aromatic rings. The number of thioether (sulfide) groups is 2. The van der Waals surface area contributed by atoms with Crippen molar-refractivity contribution in [1.29, 1.82) is 0 Å². The molecule has 2 aliphatic rings. The number of likely N-dealkylation sites (tertiary alicyclic amines) is 2. The lowest BCUT2D eigenvalue weighted by Crippen LogP contribution is -2.49. The molecule has 106 heavy (non-hydrogen) atoms. The van der Waals surface area contributed by atoms with E-state index < -0.39 is 274 Å². The number of benzene rings is 8. The molecule has 2 fully saturated rings. The number of aromatic nitrogens is 2. The van der Waals surface area contributed by atoms with Gasteiger partial charge in [-0.3, -0.25) is 19.2 Å². The fraction of sp³-hybridized carbons (Fsp3) is 0.317. The zero-order chi connectivity index (χ0) is 98.3. The first-order valence-electron chi connectivity index (χ1n) is 45.4. The van der Waals surface area contributed by atoms with Crippen LogP contribution in [-0.2, 0) is 62.4 Å². The van der Waals surface area contributed by atoms with E-state index in [4.69, 9.17) is 35.5 Å². The lowest BCUT2D eigenvalue weighted by molar-refractivity contribution is -0.138. The van der Waals surface area contributed by atoms with Crippen LogP contribution in [0.15, 0.2) is 207 Å². The standard InChI is InChI=1S/2C41H40F5N3O3S/c1-27(28-10-12-29(13-11-28)30-14-16-32(17-15-30)41(44,45)46)49(33-18-20-47(21-19-33)22-23-52-2)38(51)25-48-36-9-4-3-7-34(36)37(50)24-39(48)53-26-31-6-5-8-35(42)40(31)43;1-27-6-15-36-34(22-27)37(50)23-39(53-26-31-4-3-5-35(42)40(31)43)49(36)25-38(51)48(33-16-18-47(19-17-33)20-21-52-2)24-28-7-9-29(10-8-28)30-11-13-32(14-12-30)41(44,45)46/h3-17,24,27,33H,18-23,25-26H2,1-2H3;3-15,22-23,33H,16-21,24-26H2,1-2H3/i22D2,25D2,27D;3D,4D,5D,6D,7D,8D,9D,10D,11D,12D,13D,14D,15D,20D2,22D,23D,24D2,25D2. The van der Waals surface area contributed by atoms with E-state index in [1.807, 2.05) is 0 Å². The van der Waals surface area contributed by atoms with Crippen LogP contribution < -0.4 is 10.9 Å². The molecule has 8 aromatic carbocycles. The quantitative estimate of drug-likeness (QED) is 0.0428. The van der Waals surface area contributed by atoms with E-state index in [1.165, 1.54) is 62.4 Å². The molecule has 556 valence electrons. The Bertz CT molecular complexity index is 6240. The second-order valence-corrected chi connectivity index (χ2v) is 25.8. The van der Waals surface area contributed by atoms with Crippen molar-refractivity contribution in [3.05, 3.63) is 270 Å². The largest absolute Gasteiger partial charge is 0.416 e. The summed E-state index contributed by atoms with van der Waals surface area (Å²) in [6.45, 7) is -13.5. The molecule has 2 saturated heterocycles. The maximum atomic E-state index is 15.6. The minimum atomic E-state index is -5.45. The summed E-state index contributed by atoms with van der Waals surface area (Å²) in [4.78, 5) is 62.1. The van der Waals surface area contributed by atoms with Gasteiger partial charge in [-0.15, -0.1) is 23.5 Å². The molecular formula is C82H80F10N6O6S2. The number of carbonyl (C=O) groups excluding carboxylic acids is 2. The topological polar surface area (TPSA) is 110 Å². The van der Waals surface area contributed by atoms with Gasteiger partial charge in [0, 0.05) is 123 Å². The van der Waals surface area contributed by atoms with Crippen molar-refractivity contribution in [1.82, 2.24) is 28.7 Å². The van der Waals surface area contributed by atoms with Gasteiger partial charge in [-0.1, -0.05) is 121 Å². The second kappa shape index (κ2) is 35.1. The summed E-state index contributed by atoms with van der Waals surface area (Å²) in [6, 6.07) is -2.17. The van der Waals surface area contributed by atoms with Crippen molar-refractivity contribution in [3.8, 4) is 22.3 Å². The number of nitrogens with zero attached hydrogens (tertiary/aromatic N) is 6. The maximum Gasteiger partial charge on any atom is 0.416 e. The van der Waals surface area contributed by atoms with Gasteiger partial charge in [0.2, 0.25) is 11.8 Å². The Morgan fingerprint density at radius 2 is 1.13 bits per heavy atom. The first-order chi connectivity index (χ1) is 61.2. The molecule has 1 atom stereocenters. The second-order valence-electron chi connectivity index (χ2n) is 23.8. The Morgan fingerprint density at radius 3 is 1.75 bits per heavy atom. The Balaban J connectivity index is 0.000000262. The average Bonchev–Trinajstić information content (AvgIpc) is 0.709. The normalized spacial score (nSPS) is 19.0. The monoisotopic (exact) mass is 1520 g/mol. The molecule has 2 aliphatic heterocycles. The predicted molar refractivity (Wildman–Crippen MR) is 395 cm³/mol. The Labute approximate surface area is 653 Å². The van der Waals surface area contributed by atoms with E-state index in [-0.39, 0.29) is 105 Å². The Kier molecular flexibility index (Phi) is 16.7. The summed E-state index contributed by atoms with van der Waals surface area (Å²) in [7, 11) is 2.58. The van der Waals surface area contributed by atoms with Gasteiger partial charge in [0.15, 0.2) is 34.1 Å². The number of ether oxygens (including phenoxy) is 2. The highest BCUT2D eigenvalue weighted by Gasteiger charge is 2.35. The zero-order valence-electron chi connectivity index (χ0n) is 82.6. The number of methoxy groups -OCH3 is 2. The van der Waals surface area contributed by atoms with E-state index in [0.29, 0.717) is 11.1 Å². The number of fused-ring (bicyclic) bond motifs is 2. The van der Waals surface area contributed by atoms with E-state index in [9.17, 15) is 58.7 Å². The molecule has 2 aromatic heterocycles. The number of pyridine rings is 2. The van der Waals surface area contributed by atoms with E-state index in [0.717, 1.165) is 52.4 Å². The third kappa shape index (κ3) is 19.2. The number of hydrogen-bond acceptors (Lipinski definition) is 10. The molecule has 1 unspecified atom stereocenters. The van der Waals surface area contributed by atoms with Gasteiger partial charge in [0.1, 0.15) is 13.0 Å². The van der Waals surface area contributed by atoms with Crippen LogP contribution >= 0.6 is 23.5 Å². The summed E-state index contributed by atoms with van der Waals surface area (Å²) >= 11 is 0.887. The predicted octanol–water partition coefficient (Wildman–Crippen LogP) is 17.7. The highest BCUT2D eigenvalue weighted by atomic mass is 32.2. The van der Waals surface area contributed by atoms with Crippen LogP contribution in [0.4, 0.5) is 43.9 Å². The molecule has 12 nitrogen and oxygen atoms in total. The number of amides is 2. The van der Waals surface area contributed by atoms with Crippen LogP contribution in [0.5, 0.6) is 0 Å². The van der Waals surface area contributed by atoms with Crippen molar-refractivity contribution in [2.75, 3.05) is 66.6 Å². The van der Waals surface area contributed by atoms with Crippen LogP contribution in [0.1, 0.15) is 113 Å². The minimum absolute atomic E-state index is 0.0469. The van der Waals surface area contributed by atoms with Gasteiger partial charge in [0.25, 0.3) is 0 Å². The molecule has 0 N–H and O–H groups in total. The number of hydrogen-bond donors (Lipinski definition) is 0. The summed E-state index contributed by atoms with van der Waals surface area (Å²) < 4.78 is 381. The molecule has 0 bridgehead atoms. The van der Waals surface area contributed by atoms with E-state index in [2.05, 4.69) is 0 Å². The summed E-state index contributed by atoms with van der Waals surface area (Å²) in [5, 5.41) is -1.95. The third-order valence-corrected chi connectivity index (χ3v) is 18.9. The van der Waals surface area contributed by atoms with Gasteiger partial charge >= 0.3 is 12.4 Å². The number of halogens is 10. The lowest BCUT2D eigenvalue weighted by atomic mass is 9.96. The summed E-state index contributed by atoms with van der Waals surface area (Å²) in [5.74, 6) is -10.5. The van der Waals surface area contributed by atoms with Gasteiger partial charge in [0.05, 0.1) is 81.6 Å². The molecule has 12 rings (SSSR count). The smallest absolute Gasteiger partial charge is 0.383 e. The summed E-state index contributed by atoms with van der Waals surface area (Å²) in [5.41, 5.74) is -9.57. The molecule has 0 saturated carbocycles. The number of para-hydroxylation sites is 1. The molecule has 24 heteroatoms. The van der Waals surface area contributed by atoms with Crippen molar-refractivity contribution < 1.29 is 98.6 Å². The number of alkyl halides is 6. The lowest BCUT2D eigenvalue weighted by Gasteiger charge is -2.42. The van der Waals surface area contributed by atoms with Crippen LogP contribution in [-0.4, -0.2) is 119 Å². The maximum absolute atomic E-state index is 15.6. The van der Waals surface area contributed by atoms with Crippen LogP contribution in [0, 0.1) is 30.2 Å². The summed E-state index contributed by atoms with van der Waals surface area (Å²) in [6.07, 6.45) is -10.6. The van der Waals surface area contributed by atoms with Crippen molar-refractivity contribution in [3.63, 3.8) is 0 Å². The van der Waals surface area contributed by atoms with Gasteiger partial charge in [-0.25, -0.2) is 17.6 Å². The number of carbonyl (C=O) groups is 2. The van der Waals surface area contributed by atoms with Crippen molar-refractivity contribution in [2.45, 2.75) is 111 Å². The molecule has 0 radical (unpaired) electrons. The molecule has 4 heterocycles. The Morgan fingerprint density at radius 1 is 0.575 bits per heavy atom. The van der Waals surface area contributed by atoms with Crippen molar-refractivity contribution >= 4 is 57.1 Å². The molecular weight excluding hydrogens is 1420 g/mol. The average molecular weight is 1530 g/mol. The molecule has 2 amide bonds. The van der Waals surface area contributed by atoms with Crippen LogP contribution in [0.25, 0.3) is 44.1 Å². The van der Waals surface area contributed by atoms with E-state index >= 15 is 14.0 Å². The van der Waals surface area contributed by atoms with Gasteiger partial charge in [-0.2, -0.15) is 26.3 Å². The zero-order valence-corrected chi connectivity index (χ0v) is 58.2. The third-order valence-electron chi connectivity index (χ3n) is 16.9. The fourth-order valence-electron chi connectivity index (χ4n) is 11.4. The minimum Gasteiger partial charge on any atom is -0.383 e. The van der Waals surface area contributed by atoms with Crippen molar-refractivity contribution in [2.24, 2.45) is 0 Å². The SMILES string of the molecule is [2H]C([2H])(COC)N1CCC(N(C(=O)C([2H])([2H])n2c(SCc3cccc(F)c3F)cc(=O)c3ccccc32)C([2H])(C)c2ccc(-c3ccc(C(F)(F)F)cc3)cc2)CC1.[2H]c1c([2H])c(F)c(F)c(CSc2c([2H])c(=O)c3c([2H])c(C)c([2H])c([2H])c3n2C([2H])([2H])C(=O)N(C2CCN(C([2H])([2H])COC)CC2)C([2H])([2H])c2c([2H])c([2H])c(-c3c([2H])c([2H])c(C(F)(F)F)c([2H])c3[2H])c([2H])c2[2H])c1[2H].